The highest BCUT2D eigenvalue weighted by Crippen LogP contribution is 2.27. The molecule has 0 atom stereocenters. The number of rotatable bonds is 3. The lowest BCUT2D eigenvalue weighted by Crippen LogP contribution is -2.06. The van der Waals surface area contributed by atoms with Crippen LogP contribution >= 0.6 is 0 Å². The van der Waals surface area contributed by atoms with Crippen LogP contribution in [0.4, 0.5) is 0 Å². The van der Waals surface area contributed by atoms with Gasteiger partial charge >= 0.3 is 11.9 Å². The number of carboxylic acid groups (broad SMARTS) is 2. The number of benzene rings is 2. The van der Waals surface area contributed by atoms with Crippen molar-refractivity contribution < 1.29 is 19.8 Å². The molecular formula is C15H12O4. The van der Waals surface area contributed by atoms with Crippen LogP contribution in [0.3, 0.4) is 0 Å². The average molecular weight is 256 g/mol. The topological polar surface area (TPSA) is 74.6 Å². The summed E-state index contributed by atoms with van der Waals surface area (Å²) >= 11 is 0. The highest BCUT2D eigenvalue weighted by atomic mass is 16.4. The quantitative estimate of drug-likeness (QED) is 0.885. The van der Waals surface area contributed by atoms with E-state index in [1.54, 1.807) is 6.92 Å². The van der Waals surface area contributed by atoms with Gasteiger partial charge in [0, 0.05) is 0 Å². The molecule has 0 aliphatic carbocycles. The minimum absolute atomic E-state index is 0.0127. The third kappa shape index (κ3) is 2.47. The molecule has 4 heteroatoms. The summed E-state index contributed by atoms with van der Waals surface area (Å²) in [6, 6.07) is 11.8. The van der Waals surface area contributed by atoms with Gasteiger partial charge in [0.2, 0.25) is 0 Å². The van der Waals surface area contributed by atoms with Crippen molar-refractivity contribution in [2.45, 2.75) is 6.92 Å². The molecule has 0 aliphatic rings. The van der Waals surface area contributed by atoms with Crippen LogP contribution in [-0.4, -0.2) is 22.2 Å². The Balaban J connectivity index is 2.73. The van der Waals surface area contributed by atoms with Crippen molar-refractivity contribution in [1.29, 1.82) is 0 Å². The molecule has 0 radical (unpaired) electrons. The van der Waals surface area contributed by atoms with Gasteiger partial charge in [0.15, 0.2) is 0 Å². The van der Waals surface area contributed by atoms with Gasteiger partial charge in [-0.15, -0.1) is 0 Å². The van der Waals surface area contributed by atoms with E-state index in [0.717, 1.165) is 5.56 Å². The third-order valence-electron chi connectivity index (χ3n) is 2.97. The Morgan fingerprint density at radius 2 is 1.58 bits per heavy atom. The van der Waals surface area contributed by atoms with Crippen molar-refractivity contribution in [1.82, 2.24) is 0 Å². The second kappa shape index (κ2) is 4.94. The SMILES string of the molecule is Cc1c(C(=O)O)cc(C(=O)O)cc1-c1ccccc1. The standard InChI is InChI=1S/C15H12O4/c1-9-12(10-5-3-2-4-6-10)7-11(14(16)17)8-13(9)15(18)19/h2-8H,1H3,(H,16,17)(H,18,19). The summed E-state index contributed by atoms with van der Waals surface area (Å²) in [4.78, 5) is 22.3. The molecular weight excluding hydrogens is 244 g/mol. The summed E-state index contributed by atoms with van der Waals surface area (Å²) in [5.74, 6) is -2.27. The molecule has 0 saturated heterocycles. The molecule has 0 fully saturated rings. The fraction of sp³-hybridized carbons (Fsp3) is 0.0667. The first-order valence-corrected chi connectivity index (χ1v) is 5.67. The second-order valence-electron chi connectivity index (χ2n) is 4.17. The van der Waals surface area contributed by atoms with Crippen LogP contribution in [0, 0.1) is 6.92 Å². The van der Waals surface area contributed by atoms with Crippen molar-refractivity contribution in [2.24, 2.45) is 0 Å². The lowest BCUT2D eigenvalue weighted by atomic mass is 9.94. The van der Waals surface area contributed by atoms with Gasteiger partial charge in [0.1, 0.15) is 0 Å². The lowest BCUT2D eigenvalue weighted by molar-refractivity contribution is 0.0695. The van der Waals surface area contributed by atoms with E-state index in [1.807, 2.05) is 30.3 Å². The van der Waals surface area contributed by atoms with Crippen LogP contribution in [-0.2, 0) is 0 Å². The molecule has 2 aromatic carbocycles. The first-order chi connectivity index (χ1) is 9.00. The molecule has 0 bridgehead atoms. The Morgan fingerprint density at radius 3 is 2.11 bits per heavy atom. The van der Waals surface area contributed by atoms with Crippen molar-refractivity contribution in [2.75, 3.05) is 0 Å². The molecule has 0 unspecified atom stereocenters. The van der Waals surface area contributed by atoms with Crippen LogP contribution in [0.2, 0.25) is 0 Å². The Bertz CT molecular complexity index is 645. The molecule has 0 spiro atoms. The zero-order chi connectivity index (χ0) is 14.0. The molecule has 0 amide bonds. The zero-order valence-electron chi connectivity index (χ0n) is 10.3. The van der Waals surface area contributed by atoms with Crippen molar-refractivity contribution >= 4 is 11.9 Å². The van der Waals surface area contributed by atoms with Gasteiger partial charge in [-0.05, 0) is 35.7 Å². The zero-order valence-corrected chi connectivity index (χ0v) is 10.3. The van der Waals surface area contributed by atoms with Gasteiger partial charge in [0.05, 0.1) is 11.1 Å². The first kappa shape index (κ1) is 12.8. The van der Waals surface area contributed by atoms with E-state index in [0.29, 0.717) is 11.1 Å². The molecule has 0 heterocycles. The smallest absolute Gasteiger partial charge is 0.335 e. The Morgan fingerprint density at radius 1 is 0.947 bits per heavy atom. The Hall–Kier alpha value is -2.62. The van der Waals surface area contributed by atoms with Crippen LogP contribution in [0.5, 0.6) is 0 Å². The minimum atomic E-state index is -1.14. The summed E-state index contributed by atoms with van der Waals surface area (Å²) in [5, 5.41) is 18.2. The fourth-order valence-corrected chi connectivity index (χ4v) is 1.98. The highest BCUT2D eigenvalue weighted by molar-refractivity contribution is 5.97. The number of aromatic carboxylic acids is 2. The summed E-state index contributed by atoms with van der Waals surface area (Å²) in [5.41, 5.74) is 1.97. The third-order valence-corrected chi connectivity index (χ3v) is 2.97. The number of hydrogen-bond acceptors (Lipinski definition) is 2. The van der Waals surface area contributed by atoms with E-state index in [1.165, 1.54) is 12.1 Å². The second-order valence-corrected chi connectivity index (χ2v) is 4.17. The summed E-state index contributed by atoms with van der Waals surface area (Å²) in [6.07, 6.45) is 0. The maximum absolute atomic E-state index is 11.2. The number of carboxylic acids is 2. The first-order valence-electron chi connectivity index (χ1n) is 5.67. The van der Waals surface area contributed by atoms with Gasteiger partial charge < -0.3 is 10.2 Å². The van der Waals surface area contributed by atoms with Gasteiger partial charge in [-0.2, -0.15) is 0 Å². The Labute approximate surface area is 109 Å². The Kier molecular flexibility index (Phi) is 3.33. The predicted molar refractivity (Wildman–Crippen MR) is 70.5 cm³/mol. The lowest BCUT2D eigenvalue weighted by Gasteiger charge is -2.10. The molecule has 0 saturated carbocycles. The molecule has 4 nitrogen and oxygen atoms in total. The van der Waals surface area contributed by atoms with Crippen LogP contribution in [0.25, 0.3) is 11.1 Å². The largest absolute Gasteiger partial charge is 0.478 e. The molecule has 0 aromatic heterocycles. The van der Waals surface area contributed by atoms with E-state index < -0.39 is 11.9 Å². The predicted octanol–water partition coefficient (Wildman–Crippen LogP) is 3.06. The summed E-state index contributed by atoms with van der Waals surface area (Å²) in [6.45, 7) is 1.68. The van der Waals surface area contributed by atoms with Crippen LogP contribution < -0.4 is 0 Å². The number of carbonyl (C=O) groups is 2. The molecule has 2 rings (SSSR count). The number of hydrogen-bond donors (Lipinski definition) is 2. The van der Waals surface area contributed by atoms with Crippen molar-refractivity contribution in [3.8, 4) is 11.1 Å². The van der Waals surface area contributed by atoms with Crippen LogP contribution in [0.1, 0.15) is 26.3 Å². The van der Waals surface area contributed by atoms with Gasteiger partial charge in [0.25, 0.3) is 0 Å². The van der Waals surface area contributed by atoms with E-state index >= 15 is 0 Å². The fourth-order valence-electron chi connectivity index (χ4n) is 1.98. The van der Waals surface area contributed by atoms with E-state index in [4.69, 9.17) is 10.2 Å². The van der Waals surface area contributed by atoms with Gasteiger partial charge in [-0.25, -0.2) is 9.59 Å². The average Bonchev–Trinajstić information content (AvgIpc) is 2.39. The molecule has 2 aromatic rings. The summed E-state index contributed by atoms with van der Waals surface area (Å²) < 4.78 is 0. The normalized spacial score (nSPS) is 10.2. The van der Waals surface area contributed by atoms with E-state index in [2.05, 4.69) is 0 Å². The maximum Gasteiger partial charge on any atom is 0.335 e. The van der Waals surface area contributed by atoms with E-state index in [9.17, 15) is 9.59 Å². The monoisotopic (exact) mass is 256 g/mol. The minimum Gasteiger partial charge on any atom is -0.478 e. The highest BCUT2D eigenvalue weighted by Gasteiger charge is 2.16. The van der Waals surface area contributed by atoms with Gasteiger partial charge in [-0.1, -0.05) is 30.3 Å². The molecule has 19 heavy (non-hydrogen) atoms. The van der Waals surface area contributed by atoms with Gasteiger partial charge in [-0.3, -0.25) is 0 Å². The van der Waals surface area contributed by atoms with Crippen LogP contribution in [0.15, 0.2) is 42.5 Å². The van der Waals surface area contributed by atoms with Crippen molar-refractivity contribution in [3.63, 3.8) is 0 Å². The molecule has 96 valence electrons. The molecule has 2 N–H and O–H groups in total. The van der Waals surface area contributed by atoms with E-state index in [-0.39, 0.29) is 11.1 Å². The molecule has 0 aliphatic heterocycles. The van der Waals surface area contributed by atoms with Crippen molar-refractivity contribution in [3.05, 3.63) is 59.2 Å². The maximum atomic E-state index is 11.2. The summed E-state index contributed by atoms with van der Waals surface area (Å²) in [7, 11) is 0.